The molecule has 0 fully saturated rings. The fourth-order valence-electron chi connectivity index (χ4n) is 2.30. The third-order valence-electron chi connectivity index (χ3n) is 3.47. The molecule has 0 aliphatic rings. The van der Waals surface area contributed by atoms with Crippen LogP contribution in [0, 0.1) is 0 Å². The smallest absolute Gasteiger partial charge is 0.240 e. The first-order valence-corrected chi connectivity index (χ1v) is 7.67. The largest absolute Gasteiger partial charge is 0.368 e. The zero-order valence-corrected chi connectivity index (χ0v) is 12.8. The third kappa shape index (κ3) is 7.19. The standard InChI is InChI=1S/C15H30N2O2/c1-4-7-8-9-10-11-12-17(14(18)6-3)13(5-2)15(16)19/h13H,4-12H2,1-3H3,(H2,16,19)/t13-/m1/s1. The Hall–Kier alpha value is -1.06. The molecule has 2 amide bonds. The van der Waals surface area contributed by atoms with Crippen LogP contribution in [0.1, 0.15) is 72.1 Å². The van der Waals surface area contributed by atoms with Crippen LogP contribution in [0.15, 0.2) is 0 Å². The maximum absolute atomic E-state index is 11.9. The molecule has 112 valence electrons. The molecule has 0 bridgehead atoms. The molecule has 0 aromatic heterocycles. The first-order chi connectivity index (χ1) is 9.08. The Morgan fingerprint density at radius 1 is 1.00 bits per heavy atom. The van der Waals surface area contributed by atoms with E-state index in [0.29, 0.717) is 19.4 Å². The zero-order valence-electron chi connectivity index (χ0n) is 12.8. The van der Waals surface area contributed by atoms with Crippen molar-refractivity contribution < 1.29 is 9.59 Å². The second kappa shape index (κ2) is 10.8. The molecule has 4 nitrogen and oxygen atoms in total. The number of amides is 2. The van der Waals surface area contributed by atoms with Gasteiger partial charge in [-0.3, -0.25) is 9.59 Å². The van der Waals surface area contributed by atoms with E-state index in [1.54, 1.807) is 4.90 Å². The lowest BCUT2D eigenvalue weighted by Gasteiger charge is -2.28. The quantitative estimate of drug-likeness (QED) is 0.587. The topological polar surface area (TPSA) is 63.4 Å². The lowest BCUT2D eigenvalue weighted by atomic mass is 10.1. The maximum Gasteiger partial charge on any atom is 0.240 e. The van der Waals surface area contributed by atoms with E-state index in [0.717, 1.165) is 12.8 Å². The van der Waals surface area contributed by atoms with Crippen LogP contribution in [0.2, 0.25) is 0 Å². The van der Waals surface area contributed by atoms with Gasteiger partial charge in [-0.25, -0.2) is 0 Å². The van der Waals surface area contributed by atoms with E-state index in [1.807, 2.05) is 13.8 Å². The van der Waals surface area contributed by atoms with Gasteiger partial charge in [0, 0.05) is 13.0 Å². The summed E-state index contributed by atoms with van der Waals surface area (Å²) in [5, 5.41) is 0. The lowest BCUT2D eigenvalue weighted by molar-refractivity contribution is -0.139. The summed E-state index contributed by atoms with van der Waals surface area (Å²) < 4.78 is 0. The predicted octanol–water partition coefficient (Wildman–Crippen LogP) is 2.85. The minimum Gasteiger partial charge on any atom is -0.368 e. The van der Waals surface area contributed by atoms with Crippen molar-refractivity contribution in [3.05, 3.63) is 0 Å². The van der Waals surface area contributed by atoms with Crippen molar-refractivity contribution in [2.24, 2.45) is 5.73 Å². The SMILES string of the molecule is CCCCCCCCN(C(=O)CC)[C@H](CC)C(N)=O. The van der Waals surface area contributed by atoms with E-state index in [4.69, 9.17) is 5.73 Å². The van der Waals surface area contributed by atoms with E-state index >= 15 is 0 Å². The molecule has 0 spiro atoms. The molecule has 2 N–H and O–H groups in total. The second-order valence-electron chi connectivity index (χ2n) is 5.03. The van der Waals surface area contributed by atoms with Crippen LogP contribution < -0.4 is 5.73 Å². The summed E-state index contributed by atoms with van der Waals surface area (Å²) in [6.45, 7) is 6.57. The Kier molecular flexibility index (Phi) is 10.2. The Labute approximate surface area is 117 Å². The van der Waals surface area contributed by atoms with Gasteiger partial charge >= 0.3 is 0 Å². The van der Waals surface area contributed by atoms with Gasteiger partial charge in [-0.2, -0.15) is 0 Å². The number of hydrogen-bond acceptors (Lipinski definition) is 2. The van der Waals surface area contributed by atoms with Crippen LogP contribution in [-0.4, -0.2) is 29.3 Å². The molecule has 0 aromatic carbocycles. The van der Waals surface area contributed by atoms with Gasteiger partial charge in [0.15, 0.2) is 0 Å². The first-order valence-electron chi connectivity index (χ1n) is 7.67. The highest BCUT2D eigenvalue weighted by Crippen LogP contribution is 2.11. The summed E-state index contributed by atoms with van der Waals surface area (Å²) in [6, 6.07) is -0.442. The van der Waals surface area contributed by atoms with Crippen LogP contribution >= 0.6 is 0 Å². The summed E-state index contributed by atoms with van der Waals surface area (Å²) in [5.74, 6) is -0.366. The van der Waals surface area contributed by atoms with Crippen molar-refractivity contribution >= 4 is 11.8 Å². The molecule has 0 aromatic rings. The van der Waals surface area contributed by atoms with Gasteiger partial charge in [0.1, 0.15) is 6.04 Å². The molecular formula is C15H30N2O2. The normalized spacial score (nSPS) is 12.2. The molecule has 0 rings (SSSR count). The third-order valence-corrected chi connectivity index (χ3v) is 3.47. The summed E-state index contributed by atoms with van der Waals surface area (Å²) in [4.78, 5) is 25.0. The predicted molar refractivity (Wildman–Crippen MR) is 78.7 cm³/mol. The van der Waals surface area contributed by atoms with Crippen molar-refractivity contribution in [2.45, 2.75) is 78.2 Å². The zero-order chi connectivity index (χ0) is 14.7. The highest BCUT2D eigenvalue weighted by atomic mass is 16.2. The van der Waals surface area contributed by atoms with Gasteiger partial charge in [-0.05, 0) is 12.8 Å². The van der Waals surface area contributed by atoms with E-state index in [-0.39, 0.29) is 5.91 Å². The second-order valence-corrected chi connectivity index (χ2v) is 5.03. The maximum atomic E-state index is 11.9. The fraction of sp³-hybridized carbons (Fsp3) is 0.867. The Balaban J connectivity index is 4.21. The number of carbonyl (C=O) groups excluding carboxylic acids is 2. The number of carbonyl (C=O) groups is 2. The van der Waals surface area contributed by atoms with Crippen molar-refractivity contribution in [3.8, 4) is 0 Å². The van der Waals surface area contributed by atoms with Crippen molar-refractivity contribution in [1.82, 2.24) is 4.90 Å². The van der Waals surface area contributed by atoms with E-state index < -0.39 is 11.9 Å². The van der Waals surface area contributed by atoms with Crippen LogP contribution in [0.25, 0.3) is 0 Å². The van der Waals surface area contributed by atoms with E-state index in [1.165, 1.54) is 25.7 Å². The molecular weight excluding hydrogens is 240 g/mol. The number of rotatable bonds is 11. The minimum atomic E-state index is -0.442. The lowest BCUT2D eigenvalue weighted by Crippen LogP contribution is -2.47. The molecule has 4 heteroatoms. The van der Waals surface area contributed by atoms with Gasteiger partial charge in [0.2, 0.25) is 11.8 Å². The van der Waals surface area contributed by atoms with Gasteiger partial charge in [0.25, 0.3) is 0 Å². The summed E-state index contributed by atoms with van der Waals surface area (Å²) in [6.07, 6.45) is 8.07. The molecule has 0 aliphatic heterocycles. The number of unbranched alkanes of at least 4 members (excludes halogenated alkanes) is 5. The number of nitrogens with two attached hydrogens (primary N) is 1. The molecule has 0 aliphatic carbocycles. The molecule has 1 atom stereocenters. The Morgan fingerprint density at radius 3 is 2.05 bits per heavy atom. The number of nitrogens with zero attached hydrogens (tertiary/aromatic N) is 1. The van der Waals surface area contributed by atoms with Gasteiger partial charge < -0.3 is 10.6 Å². The molecule has 0 saturated heterocycles. The van der Waals surface area contributed by atoms with E-state index in [2.05, 4.69) is 6.92 Å². The monoisotopic (exact) mass is 270 g/mol. The summed E-state index contributed by atoms with van der Waals surface area (Å²) >= 11 is 0. The van der Waals surface area contributed by atoms with Crippen LogP contribution in [-0.2, 0) is 9.59 Å². The van der Waals surface area contributed by atoms with Crippen LogP contribution in [0.3, 0.4) is 0 Å². The Bertz CT molecular complexity index is 267. The van der Waals surface area contributed by atoms with Gasteiger partial charge in [-0.1, -0.05) is 52.9 Å². The van der Waals surface area contributed by atoms with Crippen LogP contribution in [0.5, 0.6) is 0 Å². The minimum absolute atomic E-state index is 0.0270. The molecule has 19 heavy (non-hydrogen) atoms. The van der Waals surface area contributed by atoms with E-state index in [9.17, 15) is 9.59 Å². The number of hydrogen-bond donors (Lipinski definition) is 1. The molecule has 0 unspecified atom stereocenters. The highest BCUT2D eigenvalue weighted by Gasteiger charge is 2.24. The van der Waals surface area contributed by atoms with Crippen molar-refractivity contribution in [1.29, 1.82) is 0 Å². The first kappa shape index (κ1) is 17.9. The van der Waals surface area contributed by atoms with Crippen molar-refractivity contribution in [2.75, 3.05) is 6.54 Å². The van der Waals surface area contributed by atoms with Crippen molar-refractivity contribution in [3.63, 3.8) is 0 Å². The Morgan fingerprint density at radius 2 is 1.58 bits per heavy atom. The number of primary amides is 1. The van der Waals surface area contributed by atoms with Gasteiger partial charge in [-0.15, -0.1) is 0 Å². The summed E-state index contributed by atoms with van der Waals surface area (Å²) in [5.41, 5.74) is 5.38. The average Bonchev–Trinajstić information content (AvgIpc) is 2.40. The highest BCUT2D eigenvalue weighted by molar-refractivity contribution is 5.86. The van der Waals surface area contributed by atoms with Gasteiger partial charge in [0.05, 0.1) is 0 Å². The van der Waals surface area contributed by atoms with Crippen LogP contribution in [0.4, 0.5) is 0 Å². The molecule has 0 radical (unpaired) electrons. The summed E-state index contributed by atoms with van der Waals surface area (Å²) in [7, 11) is 0. The molecule has 0 saturated carbocycles. The molecule has 0 heterocycles. The average molecular weight is 270 g/mol. The fourth-order valence-corrected chi connectivity index (χ4v) is 2.30.